The van der Waals surface area contributed by atoms with E-state index in [9.17, 15) is 14.3 Å². The monoisotopic (exact) mass is 301 g/mol. The average Bonchev–Trinajstić information content (AvgIpc) is 2.26. The number of likely N-dealkylation sites (tertiary alicyclic amines) is 1. The van der Waals surface area contributed by atoms with Crippen molar-refractivity contribution in [3.05, 3.63) is 34.6 Å². The van der Waals surface area contributed by atoms with Crippen LogP contribution in [0.4, 0.5) is 9.18 Å². The summed E-state index contributed by atoms with van der Waals surface area (Å²) < 4.78 is 18.6. The van der Waals surface area contributed by atoms with E-state index >= 15 is 0 Å². The fourth-order valence-corrected chi connectivity index (χ4v) is 2.13. The van der Waals surface area contributed by atoms with Crippen LogP contribution in [-0.4, -0.2) is 34.8 Å². The molecule has 20 heavy (non-hydrogen) atoms. The number of amides is 1. The first-order valence-corrected chi connectivity index (χ1v) is 6.64. The van der Waals surface area contributed by atoms with Crippen LogP contribution in [0.25, 0.3) is 0 Å². The number of hydrogen-bond acceptors (Lipinski definition) is 3. The van der Waals surface area contributed by atoms with Crippen molar-refractivity contribution in [3.8, 4) is 0 Å². The number of ether oxygens (including phenoxy) is 1. The standard InChI is InChI=1S/C14H17ClFNO3/c1-13(2,3)20-12(18)17-7-14(19,8-17)9-4-5-10(15)11(16)6-9/h4-6,19H,7-8H2,1-3H3. The Balaban J connectivity index is 2.03. The molecule has 0 radical (unpaired) electrons. The van der Waals surface area contributed by atoms with E-state index in [1.807, 2.05) is 0 Å². The van der Waals surface area contributed by atoms with Crippen LogP contribution in [0.5, 0.6) is 0 Å². The van der Waals surface area contributed by atoms with Gasteiger partial charge >= 0.3 is 6.09 Å². The molecular formula is C14H17ClFNO3. The highest BCUT2D eigenvalue weighted by Gasteiger charge is 2.46. The summed E-state index contributed by atoms with van der Waals surface area (Å²) in [6.45, 7) is 5.45. The van der Waals surface area contributed by atoms with Gasteiger partial charge in [0.15, 0.2) is 0 Å². The highest BCUT2D eigenvalue weighted by atomic mass is 35.5. The Bertz CT molecular complexity index is 536. The summed E-state index contributed by atoms with van der Waals surface area (Å²) in [6, 6.07) is 4.13. The predicted molar refractivity (Wildman–Crippen MR) is 73.1 cm³/mol. The minimum absolute atomic E-state index is 0.000622. The van der Waals surface area contributed by atoms with Gasteiger partial charge in [-0.05, 0) is 38.5 Å². The molecule has 1 saturated heterocycles. The number of aliphatic hydroxyl groups is 1. The second-order valence-corrected chi connectivity index (χ2v) is 6.40. The van der Waals surface area contributed by atoms with Gasteiger partial charge in [0.1, 0.15) is 17.0 Å². The Morgan fingerprint density at radius 1 is 1.45 bits per heavy atom. The molecule has 0 atom stereocenters. The summed E-state index contributed by atoms with van der Waals surface area (Å²) in [5.74, 6) is -0.590. The molecule has 6 heteroatoms. The summed E-state index contributed by atoms with van der Waals surface area (Å²) in [4.78, 5) is 13.2. The maximum atomic E-state index is 13.4. The van der Waals surface area contributed by atoms with Crippen LogP contribution in [0.1, 0.15) is 26.3 Å². The Labute approximate surface area is 122 Å². The molecular weight excluding hydrogens is 285 g/mol. The maximum absolute atomic E-state index is 13.4. The van der Waals surface area contributed by atoms with Gasteiger partial charge in [-0.15, -0.1) is 0 Å². The van der Waals surface area contributed by atoms with E-state index in [1.54, 1.807) is 26.8 Å². The van der Waals surface area contributed by atoms with Crippen molar-refractivity contribution in [1.29, 1.82) is 0 Å². The first kappa shape index (κ1) is 15.1. The molecule has 1 aliphatic heterocycles. The predicted octanol–water partition coefficient (Wildman–Crippen LogP) is 2.92. The fraction of sp³-hybridized carbons (Fsp3) is 0.500. The molecule has 1 heterocycles. The molecule has 0 aromatic heterocycles. The zero-order valence-electron chi connectivity index (χ0n) is 11.6. The number of benzene rings is 1. The fourth-order valence-electron chi connectivity index (χ4n) is 2.01. The molecule has 1 aromatic rings. The number of rotatable bonds is 1. The SMILES string of the molecule is CC(C)(C)OC(=O)N1CC(O)(c2ccc(Cl)c(F)c2)C1. The summed E-state index contributed by atoms with van der Waals surface area (Å²) >= 11 is 5.60. The van der Waals surface area contributed by atoms with Gasteiger partial charge in [0.05, 0.1) is 18.1 Å². The summed E-state index contributed by atoms with van der Waals surface area (Å²) in [5, 5.41) is 10.4. The molecule has 110 valence electrons. The number of carbonyl (C=O) groups excluding carboxylic acids is 1. The van der Waals surface area contributed by atoms with Crippen LogP contribution in [0, 0.1) is 5.82 Å². The van der Waals surface area contributed by atoms with Crippen LogP contribution in [0.3, 0.4) is 0 Å². The first-order valence-electron chi connectivity index (χ1n) is 6.27. The lowest BCUT2D eigenvalue weighted by Gasteiger charge is -2.46. The molecule has 0 saturated carbocycles. The second kappa shape index (κ2) is 4.90. The van der Waals surface area contributed by atoms with E-state index in [1.165, 1.54) is 17.0 Å². The van der Waals surface area contributed by atoms with Crippen molar-refractivity contribution in [2.45, 2.75) is 32.0 Å². The molecule has 2 rings (SSSR count). The van der Waals surface area contributed by atoms with Crippen LogP contribution in [-0.2, 0) is 10.3 Å². The Kier molecular flexibility index (Phi) is 3.69. The van der Waals surface area contributed by atoms with E-state index in [0.29, 0.717) is 5.56 Å². The third-order valence-electron chi connectivity index (χ3n) is 3.01. The van der Waals surface area contributed by atoms with Crippen molar-refractivity contribution in [3.63, 3.8) is 0 Å². The van der Waals surface area contributed by atoms with Crippen molar-refractivity contribution >= 4 is 17.7 Å². The molecule has 1 fully saturated rings. The number of halogens is 2. The minimum Gasteiger partial charge on any atom is -0.444 e. The zero-order valence-corrected chi connectivity index (χ0v) is 12.4. The topological polar surface area (TPSA) is 49.8 Å². The highest BCUT2D eigenvalue weighted by molar-refractivity contribution is 6.30. The number of β-amino-alcohol motifs (C(OH)–C–C–N with tert-alkyl or cyclic N) is 1. The van der Waals surface area contributed by atoms with E-state index in [0.717, 1.165) is 0 Å². The molecule has 1 aliphatic rings. The van der Waals surface area contributed by atoms with Crippen LogP contribution in [0.2, 0.25) is 5.02 Å². The van der Waals surface area contributed by atoms with Crippen LogP contribution < -0.4 is 0 Å². The van der Waals surface area contributed by atoms with Gasteiger partial charge in [0.25, 0.3) is 0 Å². The van der Waals surface area contributed by atoms with E-state index in [2.05, 4.69) is 0 Å². The van der Waals surface area contributed by atoms with E-state index < -0.39 is 23.1 Å². The largest absolute Gasteiger partial charge is 0.444 e. The van der Waals surface area contributed by atoms with Gasteiger partial charge in [-0.25, -0.2) is 9.18 Å². The summed E-state index contributed by atoms with van der Waals surface area (Å²) in [7, 11) is 0. The third kappa shape index (κ3) is 3.04. The van der Waals surface area contributed by atoms with Crippen molar-refractivity contribution in [1.82, 2.24) is 4.90 Å². The lowest BCUT2D eigenvalue weighted by Crippen LogP contribution is -2.61. The Hall–Kier alpha value is -1.33. The van der Waals surface area contributed by atoms with Gasteiger partial charge in [0.2, 0.25) is 0 Å². The molecule has 1 N–H and O–H groups in total. The lowest BCUT2D eigenvalue weighted by molar-refractivity contribution is -0.103. The molecule has 1 aromatic carbocycles. The van der Waals surface area contributed by atoms with Crippen molar-refractivity contribution in [2.75, 3.05) is 13.1 Å². The molecule has 4 nitrogen and oxygen atoms in total. The number of nitrogens with zero attached hydrogens (tertiary/aromatic N) is 1. The average molecular weight is 302 g/mol. The van der Waals surface area contributed by atoms with E-state index in [-0.39, 0.29) is 18.1 Å². The molecule has 0 spiro atoms. The van der Waals surface area contributed by atoms with Gasteiger partial charge in [-0.3, -0.25) is 0 Å². The van der Waals surface area contributed by atoms with Gasteiger partial charge in [0, 0.05) is 0 Å². The third-order valence-corrected chi connectivity index (χ3v) is 3.32. The zero-order chi connectivity index (χ0) is 15.1. The maximum Gasteiger partial charge on any atom is 0.410 e. The summed E-state index contributed by atoms with van der Waals surface area (Å²) in [6.07, 6.45) is -0.489. The number of carbonyl (C=O) groups is 1. The lowest BCUT2D eigenvalue weighted by atomic mass is 9.86. The number of hydrogen-bond donors (Lipinski definition) is 1. The molecule has 1 amide bonds. The molecule has 0 unspecified atom stereocenters. The first-order chi connectivity index (χ1) is 9.11. The van der Waals surface area contributed by atoms with Gasteiger partial charge < -0.3 is 14.7 Å². The molecule has 0 bridgehead atoms. The second-order valence-electron chi connectivity index (χ2n) is 6.00. The minimum atomic E-state index is -1.25. The van der Waals surface area contributed by atoms with Crippen molar-refractivity contribution in [2.24, 2.45) is 0 Å². The van der Waals surface area contributed by atoms with E-state index in [4.69, 9.17) is 16.3 Å². The van der Waals surface area contributed by atoms with Gasteiger partial charge in [-0.2, -0.15) is 0 Å². The van der Waals surface area contributed by atoms with Crippen LogP contribution >= 0.6 is 11.6 Å². The normalized spacial score (nSPS) is 17.6. The van der Waals surface area contributed by atoms with Gasteiger partial charge in [-0.1, -0.05) is 17.7 Å². The Morgan fingerprint density at radius 2 is 2.05 bits per heavy atom. The molecule has 0 aliphatic carbocycles. The smallest absolute Gasteiger partial charge is 0.410 e. The van der Waals surface area contributed by atoms with Crippen molar-refractivity contribution < 1.29 is 19.0 Å². The quantitative estimate of drug-likeness (QED) is 0.867. The Morgan fingerprint density at radius 3 is 2.55 bits per heavy atom. The van der Waals surface area contributed by atoms with Crippen LogP contribution in [0.15, 0.2) is 18.2 Å². The highest BCUT2D eigenvalue weighted by Crippen LogP contribution is 2.34. The summed E-state index contributed by atoms with van der Waals surface area (Å²) in [5.41, 5.74) is -1.43.